The van der Waals surface area contributed by atoms with Gasteiger partial charge in [0.05, 0.1) is 17.9 Å². The zero-order valence-electron chi connectivity index (χ0n) is 11.3. The maximum absolute atomic E-state index is 11.6. The monoisotopic (exact) mass is 308 g/mol. The molecule has 0 unspecified atom stereocenters. The minimum atomic E-state index is -1.14. The maximum Gasteiger partial charge on any atom is 0.371 e. The van der Waals surface area contributed by atoms with E-state index < -0.39 is 11.9 Å². The van der Waals surface area contributed by atoms with Crippen LogP contribution in [0, 0.1) is 6.92 Å². The highest BCUT2D eigenvalue weighted by atomic mass is 32.2. The fourth-order valence-electron chi connectivity index (χ4n) is 1.48. The van der Waals surface area contributed by atoms with Crippen molar-refractivity contribution in [3.05, 3.63) is 35.3 Å². The number of nitrogens with zero attached hydrogens (tertiary/aromatic N) is 2. The first-order valence-corrected chi connectivity index (χ1v) is 6.84. The summed E-state index contributed by atoms with van der Waals surface area (Å²) in [6.07, 6.45) is 1.38. The molecule has 0 spiro atoms. The fraction of sp³-hybridized carbons (Fsp3) is 0.231. The summed E-state index contributed by atoms with van der Waals surface area (Å²) in [5, 5.41) is 9.48. The Kier molecular flexibility index (Phi) is 4.59. The number of carbonyl (C=O) groups is 2. The highest BCUT2D eigenvalue weighted by Gasteiger charge is 2.15. The van der Waals surface area contributed by atoms with Crippen molar-refractivity contribution in [1.29, 1.82) is 0 Å². The number of ether oxygens (including phenoxy) is 1. The lowest BCUT2D eigenvalue weighted by molar-refractivity contribution is 0.0523. The number of carboxylic acids is 1. The molecule has 0 aliphatic rings. The topological polar surface area (TPSA) is 103 Å². The molecule has 110 valence electrons. The average Bonchev–Trinajstić information content (AvgIpc) is 2.87. The Hall–Kier alpha value is -2.35. The van der Waals surface area contributed by atoms with Gasteiger partial charge in [0.25, 0.3) is 0 Å². The predicted molar refractivity (Wildman–Crippen MR) is 72.5 cm³/mol. The highest BCUT2D eigenvalue weighted by molar-refractivity contribution is 7.99. The van der Waals surface area contributed by atoms with Crippen LogP contribution in [0.4, 0.5) is 0 Å². The van der Waals surface area contributed by atoms with E-state index >= 15 is 0 Å². The number of aromatic nitrogens is 2. The summed E-state index contributed by atoms with van der Waals surface area (Å²) < 4.78 is 9.98. The van der Waals surface area contributed by atoms with Crippen molar-refractivity contribution < 1.29 is 23.8 Å². The summed E-state index contributed by atoms with van der Waals surface area (Å²) in [7, 11) is 0. The first-order chi connectivity index (χ1) is 10.0. The number of rotatable bonds is 5. The van der Waals surface area contributed by atoms with Gasteiger partial charge in [0.1, 0.15) is 0 Å². The summed E-state index contributed by atoms with van der Waals surface area (Å²) in [6, 6.07) is 2.87. The van der Waals surface area contributed by atoms with Crippen molar-refractivity contribution in [2.24, 2.45) is 0 Å². The van der Waals surface area contributed by atoms with Crippen molar-refractivity contribution in [3.63, 3.8) is 0 Å². The molecule has 0 saturated carbocycles. The second-order valence-electron chi connectivity index (χ2n) is 3.90. The molecule has 1 N–H and O–H groups in total. The Bertz CT molecular complexity index is 683. The number of hydrogen-bond acceptors (Lipinski definition) is 7. The van der Waals surface area contributed by atoms with E-state index in [2.05, 4.69) is 9.97 Å². The van der Waals surface area contributed by atoms with Gasteiger partial charge in [-0.2, -0.15) is 0 Å². The van der Waals surface area contributed by atoms with E-state index in [0.717, 1.165) is 11.8 Å². The second-order valence-corrected chi connectivity index (χ2v) is 4.87. The molecule has 0 aromatic carbocycles. The van der Waals surface area contributed by atoms with Gasteiger partial charge in [-0.05, 0) is 37.7 Å². The minimum absolute atomic E-state index is 0.155. The number of aromatic carboxylic acids is 1. The van der Waals surface area contributed by atoms with E-state index in [1.807, 2.05) is 0 Å². The molecule has 0 saturated heterocycles. The standard InChI is InChI=1S/C13H12N2O5S/c1-3-19-12(18)8-6-14-13(15-7(8)2)21-10-5-4-9(20-10)11(16)17/h4-6H,3H2,1-2H3,(H,16,17). The minimum Gasteiger partial charge on any atom is -0.475 e. The third-order valence-electron chi connectivity index (χ3n) is 2.44. The predicted octanol–water partition coefficient (Wildman–Crippen LogP) is 2.40. The third-order valence-corrected chi connectivity index (χ3v) is 3.24. The van der Waals surface area contributed by atoms with Gasteiger partial charge in [-0.1, -0.05) is 0 Å². The Balaban J connectivity index is 2.16. The average molecular weight is 308 g/mol. The van der Waals surface area contributed by atoms with E-state index in [1.165, 1.54) is 18.3 Å². The number of hydrogen-bond donors (Lipinski definition) is 1. The van der Waals surface area contributed by atoms with Gasteiger partial charge in [0.2, 0.25) is 5.76 Å². The summed E-state index contributed by atoms with van der Waals surface area (Å²) in [6.45, 7) is 3.66. The van der Waals surface area contributed by atoms with Crippen LogP contribution >= 0.6 is 11.8 Å². The molecular weight excluding hydrogens is 296 g/mol. The first kappa shape index (κ1) is 15.0. The Morgan fingerprint density at radius 2 is 2.19 bits per heavy atom. The summed E-state index contributed by atoms with van der Waals surface area (Å²) >= 11 is 1.07. The SMILES string of the molecule is CCOC(=O)c1cnc(Sc2ccc(C(=O)O)o2)nc1C. The lowest BCUT2D eigenvalue weighted by Gasteiger charge is -2.05. The van der Waals surface area contributed by atoms with Crippen LogP contribution in [0.2, 0.25) is 0 Å². The van der Waals surface area contributed by atoms with Gasteiger partial charge >= 0.3 is 11.9 Å². The van der Waals surface area contributed by atoms with Crippen LogP contribution in [-0.2, 0) is 4.74 Å². The van der Waals surface area contributed by atoms with E-state index in [4.69, 9.17) is 14.3 Å². The molecule has 2 rings (SSSR count). The number of carbonyl (C=O) groups excluding carboxylic acids is 1. The van der Waals surface area contributed by atoms with Crippen LogP contribution < -0.4 is 0 Å². The second kappa shape index (κ2) is 6.40. The largest absolute Gasteiger partial charge is 0.475 e. The van der Waals surface area contributed by atoms with Crippen molar-refractivity contribution >= 4 is 23.7 Å². The van der Waals surface area contributed by atoms with Crippen LogP contribution in [-0.4, -0.2) is 33.6 Å². The van der Waals surface area contributed by atoms with E-state index in [-0.39, 0.29) is 12.4 Å². The van der Waals surface area contributed by atoms with Crippen molar-refractivity contribution in [1.82, 2.24) is 9.97 Å². The summed E-state index contributed by atoms with van der Waals surface area (Å²) in [5.74, 6) is -1.77. The van der Waals surface area contributed by atoms with Crippen LogP contribution in [0.5, 0.6) is 0 Å². The van der Waals surface area contributed by atoms with Crippen molar-refractivity contribution in [3.8, 4) is 0 Å². The number of furan rings is 1. The zero-order valence-corrected chi connectivity index (χ0v) is 12.1. The van der Waals surface area contributed by atoms with Gasteiger partial charge in [-0.25, -0.2) is 19.6 Å². The van der Waals surface area contributed by atoms with E-state index in [1.54, 1.807) is 13.8 Å². The molecule has 7 nitrogen and oxygen atoms in total. The molecule has 0 bridgehead atoms. The van der Waals surface area contributed by atoms with Crippen LogP contribution in [0.15, 0.2) is 33.0 Å². The van der Waals surface area contributed by atoms with E-state index in [0.29, 0.717) is 21.5 Å². The van der Waals surface area contributed by atoms with Crippen molar-refractivity contribution in [2.45, 2.75) is 24.1 Å². The number of carboxylic acid groups (broad SMARTS) is 1. The van der Waals surface area contributed by atoms with Gasteiger partial charge in [-0.15, -0.1) is 0 Å². The molecule has 2 aromatic heterocycles. The third kappa shape index (κ3) is 3.60. The lowest BCUT2D eigenvalue weighted by Crippen LogP contribution is -2.09. The fourth-order valence-corrected chi connectivity index (χ4v) is 2.22. The van der Waals surface area contributed by atoms with Crippen LogP contribution in [0.1, 0.15) is 33.5 Å². The Morgan fingerprint density at radius 1 is 1.43 bits per heavy atom. The Morgan fingerprint density at radius 3 is 2.76 bits per heavy atom. The molecule has 8 heteroatoms. The van der Waals surface area contributed by atoms with Crippen LogP contribution in [0.3, 0.4) is 0 Å². The molecule has 0 fully saturated rings. The van der Waals surface area contributed by atoms with E-state index in [9.17, 15) is 9.59 Å². The molecule has 0 amide bonds. The molecular formula is C13H12N2O5S. The van der Waals surface area contributed by atoms with Gasteiger partial charge in [0.15, 0.2) is 10.2 Å². The highest BCUT2D eigenvalue weighted by Crippen LogP contribution is 2.27. The zero-order chi connectivity index (χ0) is 15.4. The van der Waals surface area contributed by atoms with Gasteiger partial charge < -0.3 is 14.3 Å². The molecule has 0 atom stereocenters. The number of aryl methyl sites for hydroxylation is 1. The summed E-state index contributed by atoms with van der Waals surface area (Å²) in [4.78, 5) is 30.5. The van der Waals surface area contributed by atoms with Crippen LogP contribution in [0.25, 0.3) is 0 Å². The quantitative estimate of drug-likeness (QED) is 0.663. The van der Waals surface area contributed by atoms with Gasteiger partial charge in [0, 0.05) is 6.20 Å². The number of esters is 1. The summed E-state index contributed by atoms with van der Waals surface area (Å²) in [5.41, 5.74) is 0.780. The smallest absolute Gasteiger partial charge is 0.371 e. The molecule has 0 radical (unpaired) electrons. The molecule has 21 heavy (non-hydrogen) atoms. The maximum atomic E-state index is 11.6. The Labute approximate surface area is 124 Å². The molecule has 2 aromatic rings. The lowest BCUT2D eigenvalue weighted by atomic mass is 10.2. The molecule has 0 aliphatic carbocycles. The van der Waals surface area contributed by atoms with Crippen molar-refractivity contribution in [2.75, 3.05) is 6.61 Å². The molecule has 2 heterocycles. The first-order valence-electron chi connectivity index (χ1n) is 6.03. The normalized spacial score (nSPS) is 10.4. The van der Waals surface area contributed by atoms with Gasteiger partial charge in [-0.3, -0.25) is 0 Å². The molecule has 0 aliphatic heterocycles.